The maximum Gasteiger partial charge on any atom is 0.404 e. The lowest BCUT2D eigenvalue weighted by molar-refractivity contribution is 0.0932. The first-order valence-electron chi connectivity index (χ1n) is 5.58. The van der Waals surface area contributed by atoms with Crippen LogP contribution in [-0.4, -0.2) is 23.5 Å². The van der Waals surface area contributed by atoms with Gasteiger partial charge in [0.15, 0.2) is 11.4 Å². The van der Waals surface area contributed by atoms with Crippen LogP contribution in [0.1, 0.15) is 23.5 Å². The summed E-state index contributed by atoms with van der Waals surface area (Å²) in [5, 5.41) is 0. The van der Waals surface area contributed by atoms with Gasteiger partial charge in [0.25, 0.3) is 5.89 Å². The number of carbonyl (C=O) groups is 2. The number of Topliss-reactive ketones (excluding diaryl/α,β-unsaturated/α-hetero) is 1. The Hall–Kier alpha value is -2.44. The van der Waals surface area contributed by atoms with Gasteiger partial charge in [-0.25, -0.2) is 14.2 Å². The highest BCUT2D eigenvalue weighted by molar-refractivity contribution is 5.94. The lowest BCUT2D eigenvalue weighted by Gasteiger charge is -1.98. The maximum absolute atomic E-state index is 13.3. The molecule has 0 aliphatic rings. The Morgan fingerprint density at radius 1 is 1.42 bits per heavy atom. The highest BCUT2D eigenvalue weighted by atomic mass is 19.1. The zero-order valence-electron chi connectivity index (χ0n) is 9.89. The Bertz CT molecular complexity index is 623. The van der Waals surface area contributed by atoms with Crippen molar-refractivity contribution < 1.29 is 23.1 Å². The van der Waals surface area contributed by atoms with Crippen molar-refractivity contribution in [1.29, 1.82) is 0 Å². The Balaban J connectivity index is 2.01. The van der Waals surface area contributed by atoms with Crippen LogP contribution in [0.25, 0.3) is 11.1 Å². The molecule has 1 aromatic carbocycles. The van der Waals surface area contributed by atoms with E-state index in [4.69, 9.17) is 10.2 Å². The molecule has 6 nitrogen and oxygen atoms in total. The first kappa shape index (κ1) is 13.0. The second-order valence-electron chi connectivity index (χ2n) is 3.80. The van der Waals surface area contributed by atoms with E-state index in [9.17, 15) is 14.0 Å². The van der Waals surface area contributed by atoms with Crippen LogP contribution in [0, 0.1) is 5.82 Å². The molecule has 0 saturated carbocycles. The molecule has 0 bridgehead atoms. The van der Waals surface area contributed by atoms with Gasteiger partial charge >= 0.3 is 6.09 Å². The monoisotopic (exact) mass is 266 g/mol. The molecule has 0 fully saturated rings. The largest absolute Gasteiger partial charge is 0.450 e. The molecule has 19 heavy (non-hydrogen) atoms. The molecule has 1 heterocycles. The molecule has 1 amide bonds. The predicted molar refractivity (Wildman–Crippen MR) is 63.1 cm³/mol. The number of fused-ring (bicyclic) bond motifs is 1. The molecule has 0 spiro atoms. The van der Waals surface area contributed by atoms with Crippen LogP contribution in [0.2, 0.25) is 0 Å². The van der Waals surface area contributed by atoms with Crippen LogP contribution in [0.3, 0.4) is 0 Å². The molecule has 2 N–H and O–H groups in total. The second kappa shape index (κ2) is 5.47. The smallest absolute Gasteiger partial charge is 0.404 e. The fraction of sp³-hybridized carbons (Fsp3) is 0.250. The molecule has 1 aromatic heterocycles. The van der Waals surface area contributed by atoms with Crippen LogP contribution < -0.4 is 5.73 Å². The standard InChI is InChI=1S/C12H11FN2O4/c13-7-3-1-4-8-10(7)19-11(15-8)9(16)5-2-6-18-12(14)17/h1,3-4H,2,5-6H2,(H2,14,17). The average Bonchev–Trinajstić information content (AvgIpc) is 2.79. The minimum absolute atomic E-state index is 0.0374. The van der Waals surface area contributed by atoms with Gasteiger partial charge in [-0.05, 0) is 18.6 Å². The number of halogens is 1. The van der Waals surface area contributed by atoms with Crippen molar-refractivity contribution in [3.05, 3.63) is 29.9 Å². The number of carbonyl (C=O) groups excluding carboxylic acids is 2. The van der Waals surface area contributed by atoms with Gasteiger partial charge in [0, 0.05) is 6.42 Å². The summed E-state index contributed by atoms with van der Waals surface area (Å²) in [6.07, 6.45) is -0.526. The van der Waals surface area contributed by atoms with Crippen LogP contribution >= 0.6 is 0 Å². The molecule has 0 radical (unpaired) electrons. The van der Waals surface area contributed by atoms with E-state index in [1.54, 1.807) is 6.07 Å². The van der Waals surface area contributed by atoms with E-state index in [0.717, 1.165) is 0 Å². The molecule has 0 aliphatic carbocycles. The van der Waals surface area contributed by atoms with Gasteiger partial charge in [-0.1, -0.05) is 6.07 Å². The van der Waals surface area contributed by atoms with Crippen LogP contribution in [0.5, 0.6) is 0 Å². The fourth-order valence-corrected chi connectivity index (χ4v) is 1.55. The summed E-state index contributed by atoms with van der Waals surface area (Å²) in [6, 6.07) is 4.26. The number of oxazole rings is 1. The van der Waals surface area contributed by atoms with E-state index >= 15 is 0 Å². The molecular weight excluding hydrogens is 255 g/mol. The minimum Gasteiger partial charge on any atom is -0.450 e. The van der Waals surface area contributed by atoms with Gasteiger partial charge in [-0.2, -0.15) is 0 Å². The summed E-state index contributed by atoms with van der Waals surface area (Å²) in [5.74, 6) is -1.11. The van der Waals surface area contributed by atoms with Crippen molar-refractivity contribution in [2.24, 2.45) is 5.73 Å². The summed E-state index contributed by atoms with van der Waals surface area (Å²) >= 11 is 0. The summed E-state index contributed by atoms with van der Waals surface area (Å²) in [7, 11) is 0. The van der Waals surface area contributed by atoms with Crippen molar-refractivity contribution in [1.82, 2.24) is 4.98 Å². The van der Waals surface area contributed by atoms with Crippen molar-refractivity contribution in [2.45, 2.75) is 12.8 Å². The quantitative estimate of drug-likeness (QED) is 0.659. The van der Waals surface area contributed by atoms with E-state index in [0.29, 0.717) is 6.42 Å². The number of rotatable bonds is 5. The highest BCUT2D eigenvalue weighted by Gasteiger charge is 2.16. The molecule has 2 aromatic rings. The first-order chi connectivity index (χ1) is 9.08. The zero-order valence-corrected chi connectivity index (χ0v) is 9.89. The minimum atomic E-state index is -0.892. The number of primary amides is 1. The number of para-hydroxylation sites is 1. The lowest BCUT2D eigenvalue weighted by atomic mass is 10.2. The maximum atomic E-state index is 13.3. The van der Waals surface area contributed by atoms with Crippen molar-refractivity contribution in [2.75, 3.05) is 6.61 Å². The normalized spacial score (nSPS) is 10.6. The van der Waals surface area contributed by atoms with Crippen molar-refractivity contribution in [3.8, 4) is 0 Å². The second-order valence-corrected chi connectivity index (χ2v) is 3.80. The van der Waals surface area contributed by atoms with Gasteiger partial charge in [0.1, 0.15) is 5.52 Å². The number of benzene rings is 1. The van der Waals surface area contributed by atoms with Crippen LogP contribution in [0.15, 0.2) is 22.6 Å². The molecular formula is C12H11FN2O4. The number of ether oxygens (including phenoxy) is 1. The van der Waals surface area contributed by atoms with Gasteiger partial charge in [-0.15, -0.1) is 0 Å². The molecule has 7 heteroatoms. The summed E-state index contributed by atoms with van der Waals surface area (Å²) in [6.45, 7) is 0.0374. The zero-order chi connectivity index (χ0) is 13.8. The van der Waals surface area contributed by atoms with Crippen molar-refractivity contribution in [3.63, 3.8) is 0 Å². The number of amides is 1. The van der Waals surface area contributed by atoms with E-state index in [1.807, 2.05) is 0 Å². The molecule has 0 unspecified atom stereocenters. The Labute approximate surface area is 107 Å². The third-order valence-corrected chi connectivity index (χ3v) is 2.40. The number of nitrogens with two attached hydrogens (primary N) is 1. The Morgan fingerprint density at radius 3 is 2.89 bits per heavy atom. The van der Waals surface area contributed by atoms with Crippen LogP contribution in [0.4, 0.5) is 9.18 Å². The third kappa shape index (κ3) is 3.06. The van der Waals surface area contributed by atoms with Gasteiger partial charge in [0.05, 0.1) is 6.61 Å². The van der Waals surface area contributed by atoms with Crippen molar-refractivity contribution >= 4 is 23.0 Å². The van der Waals surface area contributed by atoms with Gasteiger partial charge < -0.3 is 14.9 Å². The highest BCUT2D eigenvalue weighted by Crippen LogP contribution is 2.19. The third-order valence-electron chi connectivity index (χ3n) is 2.40. The van der Waals surface area contributed by atoms with Gasteiger partial charge in [0.2, 0.25) is 5.78 Å². The van der Waals surface area contributed by atoms with E-state index in [-0.39, 0.29) is 35.8 Å². The molecule has 2 rings (SSSR count). The number of hydrogen-bond acceptors (Lipinski definition) is 5. The molecule has 0 saturated heterocycles. The SMILES string of the molecule is NC(=O)OCCCC(=O)c1nc2cccc(F)c2o1. The Morgan fingerprint density at radius 2 is 2.21 bits per heavy atom. The van der Waals surface area contributed by atoms with Gasteiger partial charge in [-0.3, -0.25) is 4.79 Å². The summed E-state index contributed by atoms with van der Waals surface area (Å²) < 4.78 is 22.9. The fourth-order valence-electron chi connectivity index (χ4n) is 1.55. The number of aromatic nitrogens is 1. The summed E-state index contributed by atoms with van der Waals surface area (Å²) in [5.41, 5.74) is 5.02. The summed E-state index contributed by atoms with van der Waals surface area (Å²) in [4.78, 5) is 25.9. The lowest BCUT2D eigenvalue weighted by Crippen LogP contribution is -2.14. The molecule has 100 valence electrons. The number of hydrogen-bond donors (Lipinski definition) is 1. The Kier molecular flexibility index (Phi) is 3.74. The van der Waals surface area contributed by atoms with E-state index < -0.39 is 11.9 Å². The van der Waals surface area contributed by atoms with E-state index in [1.165, 1.54) is 12.1 Å². The molecule has 0 atom stereocenters. The van der Waals surface area contributed by atoms with E-state index in [2.05, 4.69) is 9.72 Å². The first-order valence-corrected chi connectivity index (χ1v) is 5.58. The number of ketones is 1. The predicted octanol–water partition coefficient (Wildman–Crippen LogP) is 2.03. The molecule has 0 aliphatic heterocycles. The number of nitrogens with zero attached hydrogens (tertiary/aromatic N) is 1. The average molecular weight is 266 g/mol. The van der Waals surface area contributed by atoms with Crippen LogP contribution in [-0.2, 0) is 4.74 Å². The topological polar surface area (TPSA) is 95.4 Å².